The van der Waals surface area contributed by atoms with E-state index in [4.69, 9.17) is 9.63 Å². The number of carboxylic acid groups (broad SMARTS) is 1. The van der Waals surface area contributed by atoms with Crippen molar-refractivity contribution in [2.24, 2.45) is 0 Å². The van der Waals surface area contributed by atoms with Gasteiger partial charge in [-0.2, -0.15) is 0 Å². The Bertz CT molecular complexity index is 666. The predicted octanol–water partition coefficient (Wildman–Crippen LogP) is 2.62. The van der Waals surface area contributed by atoms with Gasteiger partial charge in [-0.3, -0.25) is 9.59 Å². The van der Waals surface area contributed by atoms with Crippen molar-refractivity contribution in [3.05, 3.63) is 51.8 Å². The summed E-state index contributed by atoms with van der Waals surface area (Å²) in [5.41, 5.74) is 1.25. The lowest BCUT2D eigenvalue weighted by Gasteiger charge is -2.17. The lowest BCUT2D eigenvalue weighted by molar-refractivity contribution is -0.137. The minimum atomic E-state index is -0.981. The average Bonchev–Trinajstić information content (AvgIpc) is 2.83. The highest BCUT2D eigenvalue weighted by Crippen LogP contribution is 2.20. The largest absolute Gasteiger partial charge is 0.481 e. The molecule has 1 amide bonds. The first-order chi connectivity index (χ1) is 10.4. The number of carbonyl (C=O) groups is 2. The lowest BCUT2D eigenvalue weighted by atomic mass is 10.0. The van der Waals surface area contributed by atoms with Gasteiger partial charge in [0.25, 0.3) is 0 Å². The number of carboxylic acids is 1. The number of amides is 1. The molecule has 0 fully saturated rings. The van der Waals surface area contributed by atoms with E-state index >= 15 is 0 Å². The second-order valence-electron chi connectivity index (χ2n) is 4.88. The number of halogens is 1. The first kappa shape index (κ1) is 16.2. The minimum absolute atomic E-state index is 0.0456. The van der Waals surface area contributed by atoms with Crippen molar-refractivity contribution in [3.8, 4) is 0 Å². The molecule has 0 saturated heterocycles. The quantitative estimate of drug-likeness (QED) is 0.819. The zero-order chi connectivity index (χ0) is 16.1. The third-order valence-corrected chi connectivity index (χ3v) is 3.53. The first-order valence-corrected chi connectivity index (χ1v) is 7.42. The fourth-order valence-electron chi connectivity index (χ4n) is 2.03. The van der Waals surface area contributed by atoms with Crippen molar-refractivity contribution in [1.82, 2.24) is 10.5 Å². The van der Waals surface area contributed by atoms with Crippen molar-refractivity contribution in [1.29, 1.82) is 0 Å². The van der Waals surface area contributed by atoms with E-state index in [1.165, 1.54) is 0 Å². The summed E-state index contributed by atoms with van der Waals surface area (Å²) in [5, 5.41) is 15.5. The van der Waals surface area contributed by atoms with Gasteiger partial charge in [-0.1, -0.05) is 33.2 Å². The Morgan fingerprint density at radius 2 is 2.05 bits per heavy atom. The molecule has 2 N–H and O–H groups in total. The molecule has 0 spiro atoms. The molecule has 0 aliphatic carbocycles. The van der Waals surface area contributed by atoms with Gasteiger partial charge in [0.1, 0.15) is 5.76 Å². The highest BCUT2D eigenvalue weighted by molar-refractivity contribution is 9.10. The maximum atomic E-state index is 12.1. The van der Waals surface area contributed by atoms with Crippen molar-refractivity contribution >= 4 is 27.8 Å². The smallest absolute Gasteiger partial charge is 0.305 e. The van der Waals surface area contributed by atoms with Crippen LogP contribution in [-0.4, -0.2) is 22.1 Å². The van der Waals surface area contributed by atoms with Crippen molar-refractivity contribution < 1.29 is 19.2 Å². The predicted molar refractivity (Wildman–Crippen MR) is 82.2 cm³/mol. The Morgan fingerprint density at radius 1 is 1.36 bits per heavy atom. The van der Waals surface area contributed by atoms with E-state index in [9.17, 15) is 9.59 Å². The fourth-order valence-corrected chi connectivity index (χ4v) is 2.30. The lowest BCUT2D eigenvalue weighted by Crippen LogP contribution is -2.31. The molecule has 0 aliphatic heterocycles. The van der Waals surface area contributed by atoms with Crippen LogP contribution in [0.3, 0.4) is 0 Å². The second-order valence-corrected chi connectivity index (χ2v) is 5.79. The standard InChI is InChI=1S/C15H15BrN2O4/c1-9-6-12(18-22-9)7-14(19)17-13(8-15(20)21)10-2-4-11(16)5-3-10/h2-6,13H,7-8H2,1H3,(H,17,19)(H,20,21)/t13-/m0/s1. The van der Waals surface area contributed by atoms with Crippen LogP contribution >= 0.6 is 15.9 Å². The van der Waals surface area contributed by atoms with Gasteiger partial charge in [-0.15, -0.1) is 0 Å². The van der Waals surface area contributed by atoms with E-state index in [1.54, 1.807) is 37.3 Å². The van der Waals surface area contributed by atoms with Crippen LogP contribution in [0.5, 0.6) is 0 Å². The highest BCUT2D eigenvalue weighted by atomic mass is 79.9. The van der Waals surface area contributed by atoms with Gasteiger partial charge in [0.2, 0.25) is 5.91 Å². The molecule has 2 aromatic rings. The molecule has 0 bridgehead atoms. The third kappa shape index (κ3) is 4.70. The van der Waals surface area contributed by atoms with Crippen LogP contribution in [0.2, 0.25) is 0 Å². The molecule has 0 radical (unpaired) electrons. The summed E-state index contributed by atoms with van der Waals surface area (Å²) >= 11 is 3.32. The summed E-state index contributed by atoms with van der Waals surface area (Å²) in [7, 11) is 0. The van der Waals surface area contributed by atoms with Crippen LogP contribution in [-0.2, 0) is 16.0 Å². The van der Waals surface area contributed by atoms with Crippen LogP contribution in [0.15, 0.2) is 39.3 Å². The van der Waals surface area contributed by atoms with Gasteiger partial charge in [0.15, 0.2) is 0 Å². The minimum Gasteiger partial charge on any atom is -0.481 e. The van der Waals surface area contributed by atoms with Crippen LogP contribution in [0.25, 0.3) is 0 Å². The zero-order valence-electron chi connectivity index (χ0n) is 11.9. The summed E-state index contributed by atoms with van der Waals surface area (Å²) in [4.78, 5) is 23.1. The van der Waals surface area contributed by atoms with Gasteiger partial charge in [-0.25, -0.2) is 0 Å². The van der Waals surface area contributed by atoms with Crippen LogP contribution < -0.4 is 5.32 Å². The molecule has 116 valence electrons. The Balaban J connectivity index is 2.07. The number of aliphatic carboxylic acids is 1. The molecule has 1 atom stereocenters. The second kappa shape index (κ2) is 7.22. The Kier molecular flexibility index (Phi) is 5.32. The number of rotatable bonds is 6. The number of hydrogen-bond donors (Lipinski definition) is 2. The zero-order valence-corrected chi connectivity index (χ0v) is 13.5. The molecule has 22 heavy (non-hydrogen) atoms. The Labute approximate surface area is 135 Å². The molecule has 1 heterocycles. The molecule has 0 saturated carbocycles. The van der Waals surface area contributed by atoms with Crippen LogP contribution in [0, 0.1) is 6.92 Å². The molecule has 1 aromatic heterocycles. The molecular weight excluding hydrogens is 352 g/mol. The molecular formula is C15H15BrN2O4. The van der Waals surface area contributed by atoms with Gasteiger partial charge in [0, 0.05) is 10.5 Å². The maximum Gasteiger partial charge on any atom is 0.305 e. The number of carbonyl (C=O) groups excluding carboxylic acids is 1. The number of nitrogens with one attached hydrogen (secondary N) is 1. The molecule has 0 aliphatic rings. The van der Waals surface area contributed by atoms with Gasteiger partial charge in [0.05, 0.1) is 24.6 Å². The van der Waals surface area contributed by atoms with Gasteiger partial charge in [-0.05, 0) is 24.6 Å². The van der Waals surface area contributed by atoms with E-state index < -0.39 is 12.0 Å². The van der Waals surface area contributed by atoms with E-state index in [-0.39, 0.29) is 18.7 Å². The number of aryl methyl sites for hydroxylation is 1. The number of benzene rings is 1. The monoisotopic (exact) mass is 366 g/mol. The molecule has 6 nitrogen and oxygen atoms in total. The molecule has 2 rings (SSSR count). The summed E-state index contributed by atoms with van der Waals surface area (Å²) in [5.74, 6) is -0.661. The van der Waals surface area contributed by atoms with Crippen LogP contribution in [0.4, 0.5) is 0 Å². The van der Waals surface area contributed by atoms with Crippen molar-refractivity contribution in [2.75, 3.05) is 0 Å². The highest BCUT2D eigenvalue weighted by Gasteiger charge is 2.19. The van der Waals surface area contributed by atoms with E-state index in [0.29, 0.717) is 11.5 Å². The van der Waals surface area contributed by atoms with Crippen molar-refractivity contribution in [2.45, 2.75) is 25.8 Å². The average molecular weight is 367 g/mol. The topological polar surface area (TPSA) is 92.4 Å². The fraction of sp³-hybridized carbons (Fsp3) is 0.267. The SMILES string of the molecule is Cc1cc(CC(=O)N[C@@H](CC(=O)O)c2ccc(Br)cc2)no1. The molecule has 1 aromatic carbocycles. The number of nitrogens with zero attached hydrogens (tertiary/aromatic N) is 1. The summed E-state index contributed by atoms with van der Waals surface area (Å²) in [6, 6.07) is 8.24. The summed E-state index contributed by atoms with van der Waals surface area (Å²) in [6.07, 6.45) is -0.144. The van der Waals surface area contributed by atoms with Crippen molar-refractivity contribution in [3.63, 3.8) is 0 Å². The number of hydrogen-bond acceptors (Lipinski definition) is 4. The maximum absolute atomic E-state index is 12.1. The van der Waals surface area contributed by atoms with E-state index in [2.05, 4.69) is 26.4 Å². The van der Waals surface area contributed by atoms with Gasteiger partial charge < -0.3 is 14.9 Å². The number of aromatic nitrogens is 1. The molecule has 0 unspecified atom stereocenters. The first-order valence-electron chi connectivity index (χ1n) is 6.63. The third-order valence-electron chi connectivity index (χ3n) is 3.00. The Hall–Kier alpha value is -2.15. The van der Waals surface area contributed by atoms with Gasteiger partial charge >= 0.3 is 5.97 Å². The van der Waals surface area contributed by atoms with E-state index in [1.807, 2.05) is 0 Å². The summed E-state index contributed by atoms with van der Waals surface area (Å²) in [6.45, 7) is 1.74. The summed E-state index contributed by atoms with van der Waals surface area (Å²) < 4.78 is 5.79. The molecule has 7 heteroatoms. The van der Waals surface area contributed by atoms with Crippen LogP contribution in [0.1, 0.15) is 29.5 Å². The van der Waals surface area contributed by atoms with E-state index in [0.717, 1.165) is 10.0 Å². The Morgan fingerprint density at radius 3 is 2.59 bits per heavy atom. The normalized spacial score (nSPS) is 11.9.